The molecule has 0 aliphatic rings. The average Bonchev–Trinajstić information content (AvgIpc) is 2.89. The molecule has 10 heteroatoms. The molecule has 2 amide bonds. The van der Waals surface area contributed by atoms with Gasteiger partial charge in [-0.3, -0.25) is 13.9 Å². The molecule has 3 aromatic rings. The summed E-state index contributed by atoms with van der Waals surface area (Å²) < 4.78 is 28.4. The summed E-state index contributed by atoms with van der Waals surface area (Å²) in [6.07, 6.45) is 0.343. The van der Waals surface area contributed by atoms with E-state index in [1.807, 2.05) is 31.2 Å². The Morgan fingerprint density at radius 1 is 0.946 bits per heavy atom. The van der Waals surface area contributed by atoms with Crippen LogP contribution in [0.1, 0.15) is 24.5 Å². The lowest BCUT2D eigenvalue weighted by Gasteiger charge is -2.33. The van der Waals surface area contributed by atoms with Crippen LogP contribution in [-0.2, 0) is 26.2 Å². The van der Waals surface area contributed by atoms with Crippen molar-refractivity contribution in [3.63, 3.8) is 0 Å². The number of halogens is 2. The van der Waals surface area contributed by atoms with Gasteiger partial charge in [-0.05, 0) is 49.2 Å². The van der Waals surface area contributed by atoms with Gasteiger partial charge in [-0.1, -0.05) is 78.2 Å². The average molecular weight is 563 g/mol. The Bertz CT molecular complexity index is 1370. The van der Waals surface area contributed by atoms with Gasteiger partial charge in [-0.15, -0.1) is 0 Å². The number of aryl methyl sites for hydroxylation is 1. The molecule has 0 aliphatic heterocycles. The Morgan fingerprint density at radius 2 is 1.65 bits per heavy atom. The molecule has 0 fully saturated rings. The van der Waals surface area contributed by atoms with Crippen molar-refractivity contribution in [2.45, 2.75) is 37.8 Å². The van der Waals surface area contributed by atoms with Crippen LogP contribution in [-0.4, -0.2) is 44.8 Å². The largest absolute Gasteiger partial charge is 0.357 e. The van der Waals surface area contributed by atoms with Crippen LogP contribution >= 0.6 is 23.2 Å². The Labute approximate surface area is 228 Å². The van der Waals surface area contributed by atoms with Crippen molar-refractivity contribution in [3.8, 4) is 0 Å². The van der Waals surface area contributed by atoms with Crippen molar-refractivity contribution < 1.29 is 18.0 Å². The van der Waals surface area contributed by atoms with Crippen molar-refractivity contribution >= 4 is 50.7 Å². The molecule has 0 bridgehead atoms. The maximum atomic E-state index is 13.8. The number of carbonyl (C=O) groups excluding carboxylic acids is 2. The fourth-order valence-electron chi connectivity index (χ4n) is 3.98. The zero-order valence-electron chi connectivity index (χ0n) is 20.8. The molecule has 0 radical (unpaired) electrons. The second-order valence-electron chi connectivity index (χ2n) is 8.47. The second-order valence-corrected chi connectivity index (χ2v) is 11.1. The Morgan fingerprint density at radius 3 is 2.24 bits per heavy atom. The summed E-state index contributed by atoms with van der Waals surface area (Å²) in [6, 6.07) is 19.0. The number of benzene rings is 3. The minimum atomic E-state index is -4.17. The van der Waals surface area contributed by atoms with E-state index in [1.165, 1.54) is 42.3 Å². The number of anilines is 1. The third kappa shape index (κ3) is 6.83. The van der Waals surface area contributed by atoms with Crippen molar-refractivity contribution in [1.82, 2.24) is 10.2 Å². The molecule has 0 saturated carbocycles. The van der Waals surface area contributed by atoms with Gasteiger partial charge in [0.05, 0.1) is 20.6 Å². The molecule has 196 valence electrons. The van der Waals surface area contributed by atoms with Gasteiger partial charge in [0, 0.05) is 13.6 Å². The highest BCUT2D eigenvalue weighted by Gasteiger charge is 2.33. The fraction of sp³-hybridized carbons (Fsp3) is 0.259. The zero-order chi connectivity index (χ0) is 27.2. The van der Waals surface area contributed by atoms with Gasteiger partial charge < -0.3 is 10.2 Å². The van der Waals surface area contributed by atoms with Crippen LogP contribution in [0, 0.1) is 6.92 Å². The summed E-state index contributed by atoms with van der Waals surface area (Å²) in [5.74, 6) is -0.877. The van der Waals surface area contributed by atoms with Gasteiger partial charge in [0.25, 0.3) is 10.0 Å². The van der Waals surface area contributed by atoms with E-state index in [2.05, 4.69) is 5.32 Å². The lowest BCUT2D eigenvalue weighted by Crippen LogP contribution is -2.51. The van der Waals surface area contributed by atoms with Crippen LogP contribution in [0.15, 0.2) is 77.7 Å². The van der Waals surface area contributed by atoms with Gasteiger partial charge in [0.2, 0.25) is 11.8 Å². The summed E-state index contributed by atoms with van der Waals surface area (Å²) in [4.78, 5) is 28.0. The molecule has 0 heterocycles. The molecule has 1 atom stereocenters. The molecule has 0 aliphatic carbocycles. The maximum Gasteiger partial charge on any atom is 0.264 e. The third-order valence-electron chi connectivity index (χ3n) is 5.87. The minimum absolute atomic E-state index is 0.0115. The van der Waals surface area contributed by atoms with Crippen LogP contribution in [0.25, 0.3) is 0 Å². The molecule has 7 nitrogen and oxygen atoms in total. The fourth-order valence-corrected chi connectivity index (χ4v) is 5.70. The molecule has 1 N–H and O–H groups in total. The summed E-state index contributed by atoms with van der Waals surface area (Å²) in [7, 11) is -2.66. The molecule has 0 unspecified atom stereocenters. The lowest BCUT2D eigenvalue weighted by molar-refractivity contribution is -0.140. The van der Waals surface area contributed by atoms with E-state index < -0.39 is 28.5 Å². The minimum Gasteiger partial charge on any atom is -0.357 e. The Kier molecular flexibility index (Phi) is 9.59. The van der Waals surface area contributed by atoms with E-state index in [1.54, 1.807) is 25.1 Å². The highest BCUT2D eigenvalue weighted by atomic mass is 35.5. The number of nitrogens with zero attached hydrogens (tertiary/aromatic N) is 2. The molecular formula is C27H29Cl2N3O4S. The number of likely N-dealkylation sites (N-methyl/N-ethyl adjacent to an activating group) is 1. The van der Waals surface area contributed by atoms with Crippen LogP contribution in [0.4, 0.5) is 5.69 Å². The summed E-state index contributed by atoms with van der Waals surface area (Å²) >= 11 is 12.3. The monoisotopic (exact) mass is 561 g/mol. The quantitative estimate of drug-likeness (QED) is 0.375. The van der Waals surface area contributed by atoms with E-state index in [0.29, 0.717) is 6.42 Å². The van der Waals surface area contributed by atoms with Gasteiger partial charge in [0.1, 0.15) is 12.6 Å². The number of hydrogen-bond donors (Lipinski definition) is 1. The molecule has 37 heavy (non-hydrogen) atoms. The van der Waals surface area contributed by atoms with E-state index in [-0.39, 0.29) is 33.1 Å². The second kappa shape index (κ2) is 12.4. The van der Waals surface area contributed by atoms with Gasteiger partial charge >= 0.3 is 0 Å². The normalized spacial score (nSPS) is 12.0. The summed E-state index contributed by atoms with van der Waals surface area (Å²) in [5, 5.41) is 3.00. The molecule has 3 rings (SSSR count). The zero-order valence-corrected chi connectivity index (χ0v) is 23.1. The molecule has 3 aromatic carbocycles. The highest BCUT2D eigenvalue weighted by molar-refractivity contribution is 7.92. The standard InChI is InChI=1S/C27H29Cl2N3O4S/c1-4-25(27(34)30-3)31(17-20-10-8-9-19(2)15-20)26(33)18-32(21-13-14-23(28)24(29)16-21)37(35,36)22-11-6-5-7-12-22/h5-16,25H,4,17-18H2,1-3H3,(H,30,34)/t25-/m1/s1. The Balaban J connectivity index is 2.07. The number of sulfonamides is 1. The topological polar surface area (TPSA) is 86.8 Å². The van der Waals surface area contributed by atoms with Crippen molar-refractivity contribution in [3.05, 3.63) is 94.0 Å². The maximum absolute atomic E-state index is 13.8. The van der Waals surface area contributed by atoms with Crippen molar-refractivity contribution in [2.75, 3.05) is 17.9 Å². The first-order valence-corrected chi connectivity index (χ1v) is 13.9. The first kappa shape index (κ1) is 28.5. The first-order valence-electron chi connectivity index (χ1n) is 11.7. The van der Waals surface area contributed by atoms with Crippen LogP contribution < -0.4 is 9.62 Å². The van der Waals surface area contributed by atoms with Crippen LogP contribution in [0.5, 0.6) is 0 Å². The van der Waals surface area contributed by atoms with E-state index >= 15 is 0 Å². The number of hydrogen-bond acceptors (Lipinski definition) is 4. The summed E-state index contributed by atoms with van der Waals surface area (Å²) in [5.41, 5.74) is 2.00. The van der Waals surface area contributed by atoms with Gasteiger partial charge in [0.15, 0.2) is 0 Å². The molecular weight excluding hydrogens is 533 g/mol. The third-order valence-corrected chi connectivity index (χ3v) is 8.40. The SMILES string of the molecule is CC[C@H](C(=O)NC)N(Cc1cccc(C)c1)C(=O)CN(c1ccc(Cl)c(Cl)c1)S(=O)(=O)c1ccccc1. The number of nitrogens with one attached hydrogen (secondary N) is 1. The van der Waals surface area contributed by atoms with Crippen molar-refractivity contribution in [1.29, 1.82) is 0 Å². The van der Waals surface area contributed by atoms with E-state index in [4.69, 9.17) is 23.2 Å². The lowest BCUT2D eigenvalue weighted by atomic mass is 10.1. The number of amides is 2. The highest BCUT2D eigenvalue weighted by Crippen LogP contribution is 2.31. The molecule has 0 saturated heterocycles. The van der Waals surface area contributed by atoms with Gasteiger partial charge in [-0.2, -0.15) is 0 Å². The predicted molar refractivity (Wildman–Crippen MR) is 147 cm³/mol. The molecule has 0 spiro atoms. The summed E-state index contributed by atoms with van der Waals surface area (Å²) in [6.45, 7) is 3.32. The van der Waals surface area contributed by atoms with E-state index in [9.17, 15) is 18.0 Å². The van der Waals surface area contributed by atoms with E-state index in [0.717, 1.165) is 15.4 Å². The number of rotatable bonds is 10. The van der Waals surface area contributed by atoms with Gasteiger partial charge in [-0.25, -0.2) is 8.42 Å². The first-order chi connectivity index (χ1) is 17.6. The van der Waals surface area contributed by atoms with Crippen LogP contribution in [0.3, 0.4) is 0 Å². The van der Waals surface area contributed by atoms with Crippen LogP contribution in [0.2, 0.25) is 10.0 Å². The predicted octanol–water partition coefficient (Wildman–Crippen LogP) is 5.05. The number of carbonyl (C=O) groups is 2. The molecule has 0 aromatic heterocycles. The smallest absolute Gasteiger partial charge is 0.264 e. The Hall–Kier alpha value is -3.07. The van der Waals surface area contributed by atoms with Crippen molar-refractivity contribution in [2.24, 2.45) is 0 Å².